The van der Waals surface area contributed by atoms with E-state index >= 15 is 0 Å². The van der Waals surface area contributed by atoms with Gasteiger partial charge in [-0.3, -0.25) is 9.59 Å². The lowest BCUT2D eigenvalue weighted by molar-refractivity contribution is -0.151. The van der Waals surface area contributed by atoms with Gasteiger partial charge in [-0.1, -0.05) is 32.8 Å². The molecular weight excluding hydrogens is 432 g/mol. The zero-order valence-electron chi connectivity index (χ0n) is 19.6. The van der Waals surface area contributed by atoms with Crippen molar-refractivity contribution in [2.24, 2.45) is 5.92 Å². The number of β-amino-alcohol motifs (C(OH)–C–C–N with tert-alkyl or cyclic N) is 1. The molecule has 32 heavy (non-hydrogen) atoms. The maximum atomic E-state index is 13.1. The molecule has 1 fully saturated rings. The van der Waals surface area contributed by atoms with Crippen LogP contribution >= 0.6 is 0 Å². The van der Waals surface area contributed by atoms with Gasteiger partial charge in [0.15, 0.2) is 6.61 Å². The number of aryl methyl sites for hydroxylation is 2. The molecule has 0 aromatic heterocycles. The van der Waals surface area contributed by atoms with Crippen molar-refractivity contribution in [3.63, 3.8) is 0 Å². The molecule has 1 aliphatic rings. The number of rotatable bonds is 10. The van der Waals surface area contributed by atoms with E-state index in [1.54, 1.807) is 19.1 Å². The first-order valence-electron chi connectivity index (χ1n) is 11.1. The normalized spacial score (nSPS) is 20.3. The fourth-order valence-electron chi connectivity index (χ4n) is 3.73. The number of amides is 1. The van der Waals surface area contributed by atoms with Gasteiger partial charge < -0.3 is 15.2 Å². The molecule has 1 heterocycles. The van der Waals surface area contributed by atoms with Gasteiger partial charge in [0, 0.05) is 19.0 Å². The fraction of sp³-hybridized carbons (Fsp3) is 0.652. The van der Waals surface area contributed by atoms with Crippen molar-refractivity contribution in [1.29, 1.82) is 0 Å². The van der Waals surface area contributed by atoms with Crippen molar-refractivity contribution in [3.8, 4) is 0 Å². The van der Waals surface area contributed by atoms with Crippen LogP contribution in [0.25, 0.3) is 0 Å². The van der Waals surface area contributed by atoms with Crippen LogP contribution in [0.1, 0.15) is 57.6 Å². The minimum atomic E-state index is -4.01. The molecule has 1 aromatic rings. The van der Waals surface area contributed by atoms with E-state index in [1.807, 2.05) is 13.8 Å². The van der Waals surface area contributed by atoms with Gasteiger partial charge >= 0.3 is 5.97 Å². The molecule has 2 unspecified atom stereocenters. The van der Waals surface area contributed by atoms with Crippen LogP contribution in [0.4, 0.5) is 0 Å². The van der Waals surface area contributed by atoms with Crippen molar-refractivity contribution in [3.05, 3.63) is 29.3 Å². The Kier molecular flexibility index (Phi) is 9.24. The van der Waals surface area contributed by atoms with E-state index in [0.717, 1.165) is 34.7 Å². The van der Waals surface area contributed by atoms with Crippen LogP contribution in [-0.4, -0.2) is 61.0 Å². The van der Waals surface area contributed by atoms with E-state index < -0.39 is 40.7 Å². The lowest BCUT2D eigenvalue weighted by atomic mass is 10.0. The third kappa shape index (κ3) is 7.02. The molecule has 2 rings (SSSR count). The number of sulfonamides is 1. The number of ether oxygens (including phenoxy) is 1. The van der Waals surface area contributed by atoms with E-state index in [-0.39, 0.29) is 23.9 Å². The molecule has 0 aliphatic carbocycles. The summed E-state index contributed by atoms with van der Waals surface area (Å²) in [4.78, 5) is 24.8. The predicted octanol–water partition coefficient (Wildman–Crippen LogP) is 2.30. The Morgan fingerprint density at radius 1 is 1.19 bits per heavy atom. The first-order valence-corrected chi connectivity index (χ1v) is 12.6. The Morgan fingerprint density at radius 3 is 2.50 bits per heavy atom. The third-order valence-electron chi connectivity index (χ3n) is 5.76. The monoisotopic (exact) mass is 468 g/mol. The van der Waals surface area contributed by atoms with Crippen molar-refractivity contribution in [2.45, 2.75) is 83.4 Å². The molecule has 0 saturated carbocycles. The van der Waals surface area contributed by atoms with Crippen LogP contribution in [0.3, 0.4) is 0 Å². The molecule has 1 amide bonds. The van der Waals surface area contributed by atoms with E-state index in [9.17, 15) is 23.1 Å². The Balaban J connectivity index is 1.98. The number of hydrogen-bond acceptors (Lipinski definition) is 6. The number of esters is 1. The second-order valence-electron chi connectivity index (χ2n) is 9.13. The highest BCUT2D eigenvalue weighted by Gasteiger charge is 2.44. The van der Waals surface area contributed by atoms with Gasteiger partial charge in [-0.15, -0.1) is 0 Å². The molecule has 180 valence electrons. The van der Waals surface area contributed by atoms with Crippen LogP contribution < -0.4 is 5.32 Å². The molecule has 0 spiro atoms. The van der Waals surface area contributed by atoms with Crippen molar-refractivity contribution >= 4 is 21.9 Å². The number of benzene rings is 1. The maximum absolute atomic E-state index is 13.1. The summed E-state index contributed by atoms with van der Waals surface area (Å²) in [5, 5.41) is 12.8. The Bertz CT molecular complexity index is 915. The Morgan fingerprint density at radius 2 is 1.88 bits per heavy atom. The molecule has 0 bridgehead atoms. The van der Waals surface area contributed by atoms with Gasteiger partial charge in [0.05, 0.1) is 11.0 Å². The van der Waals surface area contributed by atoms with Crippen molar-refractivity contribution in [1.82, 2.24) is 9.62 Å². The largest absolute Gasteiger partial charge is 0.454 e. The molecule has 1 saturated heterocycles. The zero-order valence-corrected chi connectivity index (χ0v) is 20.4. The smallest absolute Gasteiger partial charge is 0.325 e. The summed E-state index contributed by atoms with van der Waals surface area (Å²) in [7, 11) is -4.01. The highest BCUT2D eigenvalue weighted by molar-refractivity contribution is 7.89. The highest BCUT2D eigenvalue weighted by Crippen LogP contribution is 2.28. The minimum Gasteiger partial charge on any atom is -0.454 e. The SMILES string of the molecule is Cc1ccc(S(=O)(=O)N2CC(O)C[C@H]2C(=O)OCC(=O)NC(C)CCCC(C)C)cc1C. The summed E-state index contributed by atoms with van der Waals surface area (Å²) in [6.45, 7) is 9.18. The third-order valence-corrected chi connectivity index (χ3v) is 7.63. The maximum Gasteiger partial charge on any atom is 0.325 e. The Labute approximate surface area is 191 Å². The second-order valence-corrected chi connectivity index (χ2v) is 11.0. The molecule has 9 heteroatoms. The van der Waals surface area contributed by atoms with Crippen LogP contribution in [0.5, 0.6) is 0 Å². The van der Waals surface area contributed by atoms with Gasteiger partial charge in [-0.2, -0.15) is 4.31 Å². The van der Waals surface area contributed by atoms with Gasteiger partial charge in [0.1, 0.15) is 6.04 Å². The van der Waals surface area contributed by atoms with Gasteiger partial charge in [-0.25, -0.2) is 8.42 Å². The van der Waals surface area contributed by atoms with Gasteiger partial charge in [-0.05, 0) is 56.4 Å². The second kappa shape index (κ2) is 11.2. The molecule has 8 nitrogen and oxygen atoms in total. The number of carbonyl (C=O) groups is 2. The predicted molar refractivity (Wildman–Crippen MR) is 121 cm³/mol. The Hall–Kier alpha value is -1.97. The molecule has 3 atom stereocenters. The number of carbonyl (C=O) groups excluding carboxylic acids is 2. The summed E-state index contributed by atoms with van der Waals surface area (Å²) in [5.74, 6) is -0.669. The first kappa shape index (κ1) is 26.3. The lowest BCUT2D eigenvalue weighted by Gasteiger charge is -2.23. The number of nitrogens with one attached hydrogen (secondary N) is 1. The zero-order chi connectivity index (χ0) is 24.1. The number of hydrogen-bond donors (Lipinski definition) is 2. The summed E-state index contributed by atoms with van der Waals surface area (Å²) in [5.41, 5.74) is 1.76. The van der Waals surface area contributed by atoms with Crippen LogP contribution in [0.2, 0.25) is 0 Å². The standard InChI is InChI=1S/C23H36N2O6S/c1-15(2)7-6-8-18(5)24-22(27)14-31-23(28)21-12-19(26)13-25(21)32(29,30)20-10-9-16(3)17(4)11-20/h9-11,15,18-19,21,26H,6-8,12-14H2,1-5H3,(H,24,27)/t18?,19?,21-/m0/s1. The van der Waals surface area contributed by atoms with Gasteiger partial charge in [0.25, 0.3) is 5.91 Å². The molecule has 2 N–H and O–H groups in total. The van der Waals surface area contributed by atoms with Crippen LogP contribution in [0, 0.1) is 19.8 Å². The van der Waals surface area contributed by atoms with Crippen LogP contribution in [-0.2, 0) is 24.3 Å². The number of aliphatic hydroxyl groups is 1. The lowest BCUT2D eigenvalue weighted by Crippen LogP contribution is -2.43. The summed E-state index contributed by atoms with van der Waals surface area (Å²) in [6.07, 6.45) is 1.84. The van der Waals surface area contributed by atoms with E-state index in [4.69, 9.17) is 4.74 Å². The molecule has 0 radical (unpaired) electrons. The summed E-state index contributed by atoms with van der Waals surface area (Å²) >= 11 is 0. The van der Waals surface area contributed by atoms with E-state index in [1.165, 1.54) is 6.07 Å². The van der Waals surface area contributed by atoms with Crippen molar-refractivity contribution < 1.29 is 27.9 Å². The number of nitrogens with zero attached hydrogens (tertiary/aromatic N) is 1. The minimum absolute atomic E-state index is 0.0464. The summed E-state index contributed by atoms with van der Waals surface area (Å²) < 4.78 is 32.3. The van der Waals surface area contributed by atoms with E-state index in [2.05, 4.69) is 19.2 Å². The molecule has 1 aromatic carbocycles. The molecular formula is C23H36N2O6S. The fourth-order valence-corrected chi connectivity index (χ4v) is 5.44. The quantitative estimate of drug-likeness (QED) is 0.510. The highest BCUT2D eigenvalue weighted by atomic mass is 32.2. The van der Waals surface area contributed by atoms with Crippen LogP contribution in [0.15, 0.2) is 23.1 Å². The van der Waals surface area contributed by atoms with Crippen molar-refractivity contribution in [2.75, 3.05) is 13.2 Å². The topological polar surface area (TPSA) is 113 Å². The van der Waals surface area contributed by atoms with E-state index in [0.29, 0.717) is 5.92 Å². The van der Waals surface area contributed by atoms with Gasteiger partial charge in [0.2, 0.25) is 10.0 Å². The average molecular weight is 469 g/mol. The number of aliphatic hydroxyl groups excluding tert-OH is 1. The first-order chi connectivity index (χ1) is 14.9. The average Bonchev–Trinajstić information content (AvgIpc) is 3.10. The molecule has 1 aliphatic heterocycles. The summed E-state index contributed by atoms with van der Waals surface area (Å²) in [6, 6.07) is 3.52.